The van der Waals surface area contributed by atoms with Gasteiger partial charge in [-0.15, -0.1) is 0 Å². The average Bonchev–Trinajstić information content (AvgIpc) is 2.94. The fourth-order valence-electron chi connectivity index (χ4n) is 2.44. The van der Waals surface area contributed by atoms with E-state index in [1.165, 1.54) is 19.3 Å². The maximum absolute atomic E-state index is 11.8. The SMILES string of the molecule is Cn1ccc(C(=O)NCC2CCCC2CBr)n1. The number of carbonyl (C=O) groups excluding carboxylic acids is 1. The van der Waals surface area contributed by atoms with Gasteiger partial charge in [0.15, 0.2) is 0 Å². The fourth-order valence-corrected chi connectivity index (χ4v) is 3.29. The van der Waals surface area contributed by atoms with Crippen LogP contribution in [0.2, 0.25) is 0 Å². The van der Waals surface area contributed by atoms with Crippen LogP contribution in [0.1, 0.15) is 29.8 Å². The van der Waals surface area contributed by atoms with Gasteiger partial charge < -0.3 is 5.32 Å². The summed E-state index contributed by atoms with van der Waals surface area (Å²) in [6.45, 7) is 0.770. The molecular formula is C12H18BrN3O. The lowest BCUT2D eigenvalue weighted by Crippen LogP contribution is -2.31. The lowest BCUT2D eigenvalue weighted by atomic mass is 9.98. The van der Waals surface area contributed by atoms with E-state index >= 15 is 0 Å². The van der Waals surface area contributed by atoms with Crippen LogP contribution in [-0.4, -0.2) is 27.6 Å². The highest BCUT2D eigenvalue weighted by Gasteiger charge is 2.26. The quantitative estimate of drug-likeness (QED) is 0.864. The number of rotatable bonds is 4. The molecule has 0 bridgehead atoms. The molecule has 1 aliphatic rings. The van der Waals surface area contributed by atoms with E-state index in [0.717, 1.165) is 11.9 Å². The van der Waals surface area contributed by atoms with Crippen molar-refractivity contribution in [1.82, 2.24) is 15.1 Å². The summed E-state index contributed by atoms with van der Waals surface area (Å²) in [7, 11) is 1.81. The van der Waals surface area contributed by atoms with Crippen LogP contribution in [0.15, 0.2) is 12.3 Å². The number of halogens is 1. The van der Waals surface area contributed by atoms with E-state index in [1.807, 2.05) is 7.05 Å². The van der Waals surface area contributed by atoms with Gasteiger partial charge in [0.2, 0.25) is 0 Å². The highest BCUT2D eigenvalue weighted by Crippen LogP contribution is 2.32. The number of aromatic nitrogens is 2. The van der Waals surface area contributed by atoms with E-state index in [2.05, 4.69) is 26.3 Å². The second-order valence-electron chi connectivity index (χ2n) is 4.69. The first kappa shape index (κ1) is 12.6. The van der Waals surface area contributed by atoms with E-state index in [0.29, 0.717) is 17.5 Å². The topological polar surface area (TPSA) is 46.9 Å². The molecule has 17 heavy (non-hydrogen) atoms. The Kier molecular flexibility index (Phi) is 4.20. The zero-order valence-corrected chi connectivity index (χ0v) is 11.6. The number of carbonyl (C=O) groups is 1. The average molecular weight is 300 g/mol. The highest BCUT2D eigenvalue weighted by atomic mass is 79.9. The van der Waals surface area contributed by atoms with Crippen molar-refractivity contribution in [2.45, 2.75) is 19.3 Å². The summed E-state index contributed by atoms with van der Waals surface area (Å²) in [5.41, 5.74) is 0.501. The lowest BCUT2D eigenvalue weighted by Gasteiger charge is -2.17. The standard InChI is InChI=1S/C12H18BrN3O/c1-16-6-5-11(15-16)12(17)14-8-10-4-2-3-9(10)7-13/h5-6,9-10H,2-4,7-8H2,1H3,(H,14,17). The minimum atomic E-state index is -0.0641. The van der Waals surface area contributed by atoms with Crippen LogP contribution in [0.25, 0.3) is 0 Å². The van der Waals surface area contributed by atoms with Gasteiger partial charge in [-0.2, -0.15) is 5.10 Å². The van der Waals surface area contributed by atoms with Gasteiger partial charge in [0.05, 0.1) is 0 Å². The number of amides is 1. The minimum Gasteiger partial charge on any atom is -0.350 e. The van der Waals surface area contributed by atoms with Gasteiger partial charge in [0.1, 0.15) is 5.69 Å². The Morgan fingerprint density at radius 2 is 2.35 bits per heavy atom. The maximum atomic E-state index is 11.8. The van der Waals surface area contributed by atoms with Crippen molar-refractivity contribution in [3.8, 4) is 0 Å². The number of alkyl halides is 1. The summed E-state index contributed by atoms with van der Waals surface area (Å²) >= 11 is 3.54. The third-order valence-corrected chi connectivity index (χ3v) is 4.32. The molecule has 1 heterocycles. The molecule has 1 N–H and O–H groups in total. The summed E-state index contributed by atoms with van der Waals surface area (Å²) in [6, 6.07) is 1.74. The number of hydrogen-bond acceptors (Lipinski definition) is 2. The minimum absolute atomic E-state index is 0.0641. The zero-order chi connectivity index (χ0) is 12.3. The third kappa shape index (κ3) is 3.09. The second kappa shape index (κ2) is 5.67. The molecule has 2 unspecified atom stereocenters. The molecule has 0 aromatic carbocycles. The van der Waals surface area contributed by atoms with Gasteiger partial charge in [0.25, 0.3) is 5.91 Å². The molecule has 1 fully saturated rings. The molecule has 1 aliphatic carbocycles. The van der Waals surface area contributed by atoms with Crippen molar-refractivity contribution in [3.63, 3.8) is 0 Å². The van der Waals surface area contributed by atoms with Crippen molar-refractivity contribution < 1.29 is 4.79 Å². The normalized spacial score (nSPS) is 23.9. The molecule has 1 saturated carbocycles. The second-order valence-corrected chi connectivity index (χ2v) is 5.34. The molecule has 94 valence electrons. The number of hydrogen-bond donors (Lipinski definition) is 1. The van der Waals surface area contributed by atoms with Crippen LogP contribution in [0.5, 0.6) is 0 Å². The van der Waals surface area contributed by atoms with Gasteiger partial charge in [-0.3, -0.25) is 9.48 Å². The molecule has 0 spiro atoms. The lowest BCUT2D eigenvalue weighted by molar-refractivity contribution is 0.0939. The summed E-state index contributed by atoms with van der Waals surface area (Å²) in [5.74, 6) is 1.26. The van der Waals surface area contributed by atoms with Crippen molar-refractivity contribution in [1.29, 1.82) is 0 Å². The maximum Gasteiger partial charge on any atom is 0.271 e. The summed E-state index contributed by atoms with van der Waals surface area (Å²) in [5, 5.41) is 8.11. The molecule has 2 atom stereocenters. The fraction of sp³-hybridized carbons (Fsp3) is 0.667. The zero-order valence-electron chi connectivity index (χ0n) is 10.0. The Balaban J connectivity index is 1.84. The van der Waals surface area contributed by atoms with E-state index in [9.17, 15) is 4.79 Å². The predicted molar refractivity (Wildman–Crippen MR) is 70.2 cm³/mol. The van der Waals surface area contributed by atoms with Gasteiger partial charge in [0, 0.05) is 25.1 Å². The number of nitrogens with one attached hydrogen (secondary N) is 1. The molecule has 0 saturated heterocycles. The summed E-state index contributed by atoms with van der Waals surface area (Å²) < 4.78 is 1.64. The Bertz CT molecular complexity index is 391. The van der Waals surface area contributed by atoms with Gasteiger partial charge in [-0.25, -0.2) is 0 Å². The first-order chi connectivity index (χ1) is 8.20. The summed E-state index contributed by atoms with van der Waals surface area (Å²) in [6.07, 6.45) is 5.56. The smallest absolute Gasteiger partial charge is 0.271 e. The molecular weight excluding hydrogens is 282 g/mol. The van der Waals surface area contributed by atoms with Crippen molar-refractivity contribution in [2.24, 2.45) is 18.9 Å². The van der Waals surface area contributed by atoms with Crippen molar-refractivity contribution in [3.05, 3.63) is 18.0 Å². The van der Waals surface area contributed by atoms with Crippen LogP contribution in [0, 0.1) is 11.8 Å². The number of aryl methyl sites for hydroxylation is 1. The largest absolute Gasteiger partial charge is 0.350 e. The van der Waals surface area contributed by atoms with Crippen molar-refractivity contribution in [2.75, 3.05) is 11.9 Å². The molecule has 0 aliphatic heterocycles. The van der Waals surface area contributed by atoms with E-state index in [-0.39, 0.29) is 5.91 Å². The Labute approximate surface area is 110 Å². The molecule has 1 aromatic rings. The monoisotopic (exact) mass is 299 g/mol. The first-order valence-electron chi connectivity index (χ1n) is 6.04. The van der Waals surface area contributed by atoms with Gasteiger partial charge in [-0.1, -0.05) is 22.4 Å². The molecule has 0 radical (unpaired) electrons. The molecule has 4 nitrogen and oxygen atoms in total. The highest BCUT2D eigenvalue weighted by molar-refractivity contribution is 9.09. The molecule has 1 amide bonds. The Morgan fingerprint density at radius 3 is 3.00 bits per heavy atom. The van der Waals surface area contributed by atoms with Gasteiger partial charge in [-0.05, 0) is 30.7 Å². The van der Waals surface area contributed by atoms with E-state index in [4.69, 9.17) is 0 Å². The Hall–Kier alpha value is -0.840. The van der Waals surface area contributed by atoms with Gasteiger partial charge >= 0.3 is 0 Å². The summed E-state index contributed by atoms with van der Waals surface area (Å²) in [4.78, 5) is 11.8. The molecule has 2 rings (SSSR count). The van der Waals surface area contributed by atoms with Crippen LogP contribution >= 0.6 is 15.9 Å². The first-order valence-corrected chi connectivity index (χ1v) is 7.16. The third-order valence-electron chi connectivity index (χ3n) is 3.49. The number of nitrogens with zero attached hydrogens (tertiary/aromatic N) is 2. The molecule has 5 heteroatoms. The van der Waals surface area contributed by atoms with Crippen molar-refractivity contribution >= 4 is 21.8 Å². The predicted octanol–water partition coefficient (Wildman–Crippen LogP) is 1.96. The van der Waals surface area contributed by atoms with Crippen LogP contribution < -0.4 is 5.32 Å². The molecule has 1 aromatic heterocycles. The Morgan fingerprint density at radius 1 is 1.59 bits per heavy atom. The van der Waals surface area contributed by atoms with Crippen LogP contribution in [-0.2, 0) is 7.05 Å². The van der Waals surface area contributed by atoms with E-state index < -0.39 is 0 Å². The van der Waals surface area contributed by atoms with Crippen LogP contribution in [0.4, 0.5) is 0 Å². The van der Waals surface area contributed by atoms with E-state index in [1.54, 1.807) is 16.9 Å². The van der Waals surface area contributed by atoms with Crippen LogP contribution in [0.3, 0.4) is 0 Å².